The normalized spacial score (nSPS) is 16.4. The third kappa shape index (κ3) is 4.34. The second-order valence-corrected chi connectivity index (χ2v) is 6.85. The molecular formula is C21H27N3O3. The van der Waals surface area contributed by atoms with Crippen LogP contribution in [0.2, 0.25) is 0 Å². The van der Waals surface area contributed by atoms with Crippen molar-refractivity contribution < 1.29 is 14.3 Å². The van der Waals surface area contributed by atoms with Crippen LogP contribution in [0.4, 0.5) is 10.5 Å². The van der Waals surface area contributed by atoms with Crippen LogP contribution < -0.4 is 20.1 Å². The summed E-state index contributed by atoms with van der Waals surface area (Å²) in [5.41, 5.74) is 4.33. The Morgan fingerprint density at radius 3 is 2.48 bits per heavy atom. The highest BCUT2D eigenvalue weighted by Gasteiger charge is 2.27. The van der Waals surface area contributed by atoms with Crippen LogP contribution in [0.3, 0.4) is 0 Å². The summed E-state index contributed by atoms with van der Waals surface area (Å²) in [7, 11) is 5.36. The molecule has 0 radical (unpaired) electrons. The summed E-state index contributed by atoms with van der Waals surface area (Å²) < 4.78 is 10.9. The first-order valence-electron chi connectivity index (χ1n) is 9.08. The zero-order valence-electron chi connectivity index (χ0n) is 16.3. The van der Waals surface area contributed by atoms with Crippen molar-refractivity contribution in [2.75, 3.05) is 39.7 Å². The van der Waals surface area contributed by atoms with Crippen LogP contribution in [0, 0.1) is 6.92 Å². The molecular weight excluding hydrogens is 342 g/mol. The van der Waals surface area contributed by atoms with Crippen LogP contribution in [0.1, 0.15) is 22.7 Å². The molecule has 6 heteroatoms. The SMILES string of the molecule is COc1cc2c(cc1OC)[C@H](CNC(=O)Nc1ccc(C)cc1)N(C)CC2. The van der Waals surface area contributed by atoms with E-state index in [0.717, 1.165) is 35.5 Å². The van der Waals surface area contributed by atoms with Gasteiger partial charge in [0.15, 0.2) is 11.5 Å². The standard InChI is InChI=1S/C21H27N3O3/c1-14-5-7-16(8-6-14)23-21(25)22-13-18-17-12-20(27-4)19(26-3)11-15(17)9-10-24(18)2/h5-8,11-12,18H,9-10,13H2,1-4H3,(H2,22,23,25)/t18-/m0/s1. The van der Waals surface area contributed by atoms with E-state index in [1.807, 2.05) is 43.3 Å². The van der Waals surface area contributed by atoms with E-state index < -0.39 is 0 Å². The number of benzene rings is 2. The van der Waals surface area contributed by atoms with Gasteiger partial charge in [0.2, 0.25) is 0 Å². The van der Waals surface area contributed by atoms with Gasteiger partial charge in [-0.3, -0.25) is 4.90 Å². The monoisotopic (exact) mass is 369 g/mol. The average Bonchev–Trinajstić information content (AvgIpc) is 2.68. The Labute approximate surface area is 160 Å². The molecule has 2 aromatic rings. The van der Waals surface area contributed by atoms with Gasteiger partial charge in [0.25, 0.3) is 0 Å². The summed E-state index contributed by atoms with van der Waals surface area (Å²) in [5.74, 6) is 1.45. The number of anilines is 1. The highest BCUT2D eigenvalue weighted by Crippen LogP contribution is 2.37. The predicted molar refractivity (Wildman–Crippen MR) is 107 cm³/mol. The Bertz CT molecular complexity index is 805. The number of carbonyl (C=O) groups excluding carboxylic acids is 1. The summed E-state index contributed by atoms with van der Waals surface area (Å²) in [4.78, 5) is 14.5. The van der Waals surface area contributed by atoms with Crippen molar-refractivity contribution in [1.29, 1.82) is 0 Å². The number of methoxy groups -OCH3 is 2. The van der Waals surface area contributed by atoms with Crippen molar-refractivity contribution in [2.24, 2.45) is 0 Å². The molecule has 0 aromatic heterocycles. The van der Waals surface area contributed by atoms with Gasteiger partial charge in [0.05, 0.1) is 20.3 Å². The number of nitrogens with one attached hydrogen (secondary N) is 2. The zero-order chi connectivity index (χ0) is 19.4. The fourth-order valence-corrected chi connectivity index (χ4v) is 3.42. The topological polar surface area (TPSA) is 62.8 Å². The third-order valence-electron chi connectivity index (χ3n) is 5.04. The molecule has 0 saturated carbocycles. The van der Waals surface area contributed by atoms with Gasteiger partial charge >= 0.3 is 6.03 Å². The summed E-state index contributed by atoms with van der Waals surface area (Å²) in [5, 5.41) is 5.86. The number of urea groups is 1. The van der Waals surface area contributed by atoms with Gasteiger partial charge in [-0.25, -0.2) is 4.79 Å². The number of hydrogen-bond acceptors (Lipinski definition) is 4. The number of carbonyl (C=O) groups is 1. The van der Waals surface area contributed by atoms with E-state index in [0.29, 0.717) is 12.3 Å². The second kappa shape index (κ2) is 8.31. The Morgan fingerprint density at radius 2 is 1.81 bits per heavy atom. The van der Waals surface area contributed by atoms with E-state index in [1.165, 1.54) is 5.56 Å². The summed E-state index contributed by atoms with van der Waals surface area (Å²) in [6, 6.07) is 11.7. The molecule has 2 aromatic carbocycles. The molecule has 144 valence electrons. The van der Waals surface area contributed by atoms with Crippen molar-refractivity contribution >= 4 is 11.7 Å². The van der Waals surface area contributed by atoms with Gasteiger partial charge in [-0.2, -0.15) is 0 Å². The second-order valence-electron chi connectivity index (χ2n) is 6.85. The molecule has 1 atom stereocenters. The lowest BCUT2D eigenvalue weighted by molar-refractivity contribution is 0.217. The van der Waals surface area contributed by atoms with E-state index >= 15 is 0 Å². The quantitative estimate of drug-likeness (QED) is 0.848. The van der Waals surface area contributed by atoms with Crippen LogP contribution in [0.15, 0.2) is 36.4 Å². The Kier molecular flexibility index (Phi) is 5.86. The fourth-order valence-electron chi connectivity index (χ4n) is 3.42. The highest BCUT2D eigenvalue weighted by atomic mass is 16.5. The summed E-state index contributed by atoms with van der Waals surface area (Å²) in [6.07, 6.45) is 0.943. The van der Waals surface area contributed by atoms with E-state index in [1.54, 1.807) is 14.2 Å². The van der Waals surface area contributed by atoms with Crippen LogP contribution in [-0.4, -0.2) is 45.3 Å². The number of aryl methyl sites for hydroxylation is 1. The lowest BCUT2D eigenvalue weighted by atomic mass is 9.92. The number of hydrogen-bond donors (Lipinski definition) is 2. The van der Waals surface area contributed by atoms with Crippen LogP contribution in [-0.2, 0) is 6.42 Å². The first kappa shape index (κ1) is 19.0. The number of rotatable bonds is 5. The first-order valence-corrected chi connectivity index (χ1v) is 9.08. The van der Waals surface area contributed by atoms with Crippen LogP contribution in [0.5, 0.6) is 11.5 Å². The minimum atomic E-state index is -0.208. The predicted octanol–water partition coefficient (Wildman–Crippen LogP) is 3.36. The molecule has 0 bridgehead atoms. The molecule has 2 N–H and O–H groups in total. The largest absolute Gasteiger partial charge is 0.493 e. The van der Waals surface area contributed by atoms with Crippen molar-refractivity contribution in [2.45, 2.75) is 19.4 Å². The maximum Gasteiger partial charge on any atom is 0.319 e. The van der Waals surface area contributed by atoms with Gasteiger partial charge in [0, 0.05) is 18.8 Å². The molecule has 3 rings (SSSR count). The molecule has 0 saturated heterocycles. The zero-order valence-corrected chi connectivity index (χ0v) is 16.3. The van der Waals surface area contributed by atoms with Gasteiger partial charge in [0.1, 0.15) is 0 Å². The summed E-state index contributed by atoms with van der Waals surface area (Å²) in [6.45, 7) is 3.45. The lowest BCUT2D eigenvalue weighted by Crippen LogP contribution is -2.41. The minimum absolute atomic E-state index is 0.0809. The van der Waals surface area contributed by atoms with E-state index in [2.05, 4.69) is 22.6 Å². The maximum absolute atomic E-state index is 12.3. The maximum atomic E-state index is 12.3. The van der Waals surface area contributed by atoms with E-state index in [9.17, 15) is 4.79 Å². The van der Waals surface area contributed by atoms with Crippen molar-refractivity contribution in [1.82, 2.24) is 10.2 Å². The molecule has 6 nitrogen and oxygen atoms in total. The lowest BCUT2D eigenvalue weighted by Gasteiger charge is -2.35. The number of ether oxygens (including phenoxy) is 2. The molecule has 1 heterocycles. The van der Waals surface area contributed by atoms with Crippen molar-refractivity contribution in [3.8, 4) is 11.5 Å². The Morgan fingerprint density at radius 1 is 1.15 bits per heavy atom. The van der Waals surface area contributed by atoms with Gasteiger partial charge in [-0.15, -0.1) is 0 Å². The number of amides is 2. The summed E-state index contributed by atoms with van der Waals surface area (Å²) >= 11 is 0. The van der Waals surface area contributed by atoms with E-state index in [-0.39, 0.29) is 12.1 Å². The molecule has 27 heavy (non-hydrogen) atoms. The number of fused-ring (bicyclic) bond motifs is 1. The van der Waals surface area contributed by atoms with Gasteiger partial charge < -0.3 is 20.1 Å². The smallest absolute Gasteiger partial charge is 0.319 e. The van der Waals surface area contributed by atoms with Gasteiger partial charge in [-0.1, -0.05) is 17.7 Å². The fraction of sp³-hybridized carbons (Fsp3) is 0.381. The van der Waals surface area contributed by atoms with Crippen LogP contribution >= 0.6 is 0 Å². The van der Waals surface area contributed by atoms with Crippen molar-refractivity contribution in [3.63, 3.8) is 0 Å². The number of nitrogens with zero attached hydrogens (tertiary/aromatic N) is 1. The highest BCUT2D eigenvalue weighted by molar-refractivity contribution is 5.89. The molecule has 0 spiro atoms. The molecule has 1 aliphatic rings. The molecule has 0 fully saturated rings. The van der Waals surface area contributed by atoms with E-state index in [4.69, 9.17) is 9.47 Å². The average molecular weight is 369 g/mol. The Hall–Kier alpha value is -2.73. The molecule has 0 aliphatic carbocycles. The minimum Gasteiger partial charge on any atom is -0.493 e. The molecule has 0 unspecified atom stereocenters. The Balaban J connectivity index is 1.71. The number of likely N-dealkylation sites (N-methyl/N-ethyl adjacent to an activating group) is 1. The van der Waals surface area contributed by atoms with Gasteiger partial charge in [-0.05, 0) is 55.8 Å². The van der Waals surface area contributed by atoms with Crippen LogP contribution in [0.25, 0.3) is 0 Å². The molecule has 2 amide bonds. The first-order chi connectivity index (χ1) is 13.0. The molecule has 1 aliphatic heterocycles. The van der Waals surface area contributed by atoms with Crippen molar-refractivity contribution in [3.05, 3.63) is 53.1 Å². The third-order valence-corrected chi connectivity index (χ3v) is 5.04.